The molecule has 0 aliphatic carbocycles. The maximum atomic E-state index is 13.6. The first-order valence-corrected chi connectivity index (χ1v) is 14.1. The van der Waals surface area contributed by atoms with Crippen LogP contribution in [0.5, 0.6) is 5.75 Å². The van der Waals surface area contributed by atoms with Gasteiger partial charge in [0.2, 0.25) is 21.8 Å². The smallest absolute Gasteiger partial charge is 0.244 e. The molecule has 12 heteroatoms. The van der Waals surface area contributed by atoms with E-state index in [0.29, 0.717) is 27.8 Å². The van der Waals surface area contributed by atoms with Crippen LogP contribution in [-0.4, -0.2) is 57.1 Å². The third kappa shape index (κ3) is 7.90. The summed E-state index contributed by atoms with van der Waals surface area (Å²) in [5.74, 6) is -0.624. The molecule has 2 aromatic carbocycles. The zero-order valence-electron chi connectivity index (χ0n) is 20.7. The molecule has 8 nitrogen and oxygen atoms in total. The average Bonchev–Trinajstić information content (AvgIpc) is 2.80. The lowest BCUT2D eigenvalue weighted by atomic mass is 10.1. The van der Waals surface area contributed by atoms with Gasteiger partial charge in [0.25, 0.3) is 0 Å². The fourth-order valence-electron chi connectivity index (χ4n) is 3.31. The first kappa shape index (κ1) is 30.0. The standard InChI is InChI=1S/C24H30Cl3N3O5S/c1-6-15(2)28-24(32)16(3)29(13-17-7-8-18(25)11-20(17)26)23(31)14-30(36(5,33)34)19-9-10-22(35-4)21(27)12-19/h7-12,15-16H,6,13-14H2,1-5H3,(H,28,32)/t15-,16+/m0/s1. The number of carbonyl (C=O) groups excluding carboxylic acids is 2. The van der Waals surface area contributed by atoms with Gasteiger partial charge in [-0.15, -0.1) is 0 Å². The van der Waals surface area contributed by atoms with Gasteiger partial charge in [0.15, 0.2) is 0 Å². The number of sulfonamides is 1. The summed E-state index contributed by atoms with van der Waals surface area (Å²) in [6.45, 7) is 4.76. The van der Waals surface area contributed by atoms with Crippen molar-refractivity contribution in [1.29, 1.82) is 0 Å². The Labute approximate surface area is 227 Å². The molecule has 2 aromatic rings. The number of anilines is 1. The molecule has 198 valence electrons. The number of hydrogen-bond acceptors (Lipinski definition) is 5. The lowest BCUT2D eigenvalue weighted by Gasteiger charge is -2.32. The first-order chi connectivity index (χ1) is 16.8. The Bertz CT molecular complexity index is 1210. The highest BCUT2D eigenvalue weighted by molar-refractivity contribution is 7.92. The largest absolute Gasteiger partial charge is 0.495 e. The molecule has 1 N–H and O–H groups in total. The average molecular weight is 579 g/mol. The molecule has 0 aliphatic rings. The molecule has 0 heterocycles. The van der Waals surface area contributed by atoms with Crippen molar-refractivity contribution < 1.29 is 22.7 Å². The molecule has 36 heavy (non-hydrogen) atoms. The van der Waals surface area contributed by atoms with E-state index in [9.17, 15) is 18.0 Å². The number of methoxy groups -OCH3 is 1. The van der Waals surface area contributed by atoms with Gasteiger partial charge >= 0.3 is 0 Å². The molecule has 0 saturated carbocycles. The molecule has 2 atom stereocenters. The van der Waals surface area contributed by atoms with E-state index >= 15 is 0 Å². The van der Waals surface area contributed by atoms with Crippen molar-refractivity contribution in [3.63, 3.8) is 0 Å². The Morgan fingerprint density at radius 1 is 1.06 bits per heavy atom. The van der Waals surface area contributed by atoms with Crippen molar-refractivity contribution in [2.45, 2.75) is 45.8 Å². The molecule has 2 rings (SSSR count). The van der Waals surface area contributed by atoms with E-state index in [2.05, 4.69) is 5.32 Å². The summed E-state index contributed by atoms with van der Waals surface area (Å²) in [6, 6.07) is 8.18. The molecule has 0 aliphatic heterocycles. The summed E-state index contributed by atoms with van der Waals surface area (Å²) >= 11 is 18.5. The van der Waals surface area contributed by atoms with Crippen LogP contribution in [0.2, 0.25) is 15.1 Å². The summed E-state index contributed by atoms with van der Waals surface area (Å²) in [4.78, 5) is 27.8. The van der Waals surface area contributed by atoms with Crippen LogP contribution in [0.15, 0.2) is 36.4 Å². The van der Waals surface area contributed by atoms with Crippen LogP contribution in [0.1, 0.15) is 32.8 Å². The monoisotopic (exact) mass is 577 g/mol. The van der Waals surface area contributed by atoms with Crippen LogP contribution in [0.4, 0.5) is 5.69 Å². The van der Waals surface area contributed by atoms with E-state index in [1.807, 2.05) is 13.8 Å². The Morgan fingerprint density at radius 3 is 2.25 bits per heavy atom. The minimum absolute atomic E-state index is 0.0368. The number of hydrogen-bond donors (Lipinski definition) is 1. The van der Waals surface area contributed by atoms with Crippen molar-refractivity contribution in [3.05, 3.63) is 57.0 Å². The number of benzene rings is 2. The number of carbonyl (C=O) groups is 2. The van der Waals surface area contributed by atoms with Crippen molar-refractivity contribution in [2.24, 2.45) is 0 Å². The van der Waals surface area contributed by atoms with Gasteiger partial charge in [0.1, 0.15) is 18.3 Å². The quantitative estimate of drug-likeness (QED) is 0.415. The highest BCUT2D eigenvalue weighted by Crippen LogP contribution is 2.30. The third-order valence-corrected chi connectivity index (χ3v) is 7.65. The molecular weight excluding hydrogens is 549 g/mol. The van der Waals surface area contributed by atoms with Crippen LogP contribution in [0, 0.1) is 0 Å². The Balaban J connectivity index is 2.45. The lowest BCUT2D eigenvalue weighted by Crippen LogP contribution is -2.52. The van der Waals surface area contributed by atoms with Gasteiger partial charge < -0.3 is 15.0 Å². The molecule has 0 unspecified atom stereocenters. The zero-order chi connectivity index (χ0) is 27.2. The fraction of sp³-hybridized carbons (Fsp3) is 0.417. The van der Waals surface area contributed by atoms with Crippen molar-refractivity contribution >= 4 is 62.3 Å². The summed E-state index contributed by atoms with van der Waals surface area (Å²) in [6.07, 6.45) is 1.69. The second kappa shape index (κ2) is 12.9. The van der Waals surface area contributed by atoms with E-state index in [1.165, 1.54) is 36.3 Å². The first-order valence-electron chi connectivity index (χ1n) is 11.1. The molecule has 0 saturated heterocycles. The van der Waals surface area contributed by atoms with Gasteiger partial charge in [-0.1, -0.05) is 47.8 Å². The van der Waals surface area contributed by atoms with Crippen molar-refractivity contribution in [1.82, 2.24) is 10.2 Å². The zero-order valence-corrected chi connectivity index (χ0v) is 23.8. The molecule has 0 radical (unpaired) electrons. The Kier molecular flexibility index (Phi) is 10.7. The molecule has 0 fully saturated rings. The number of nitrogens with one attached hydrogen (secondary N) is 1. The summed E-state index contributed by atoms with van der Waals surface area (Å²) in [7, 11) is -2.46. The molecule has 0 aromatic heterocycles. The molecule has 2 amide bonds. The number of rotatable bonds is 11. The Morgan fingerprint density at radius 2 is 1.72 bits per heavy atom. The second-order valence-corrected chi connectivity index (χ2v) is 11.5. The van der Waals surface area contributed by atoms with Gasteiger partial charge in [-0.2, -0.15) is 0 Å². The second-order valence-electron chi connectivity index (χ2n) is 8.34. The summed E-state index contributed by atoms with van der Waals surface area (Å²) < 4.78 is 31.4. The maximum Gasteiger partial charge on any atom is 0.244 e. The van der Waals surface area contributed by atoms with Crippen LogP contribution < -0.4 is 14.4 Å². The van der Waals surface area contributed by atoms with E-state index in [1.54, 1.807) is 19.1 Å². The SMILES string of the molecule is CC[C@H](C)NC(=O)[C@@H](C)N(Cc1ccc(Cl)cc1Cl)C(=O)CN(c1ccc(OC)c(Cl)c1)S(C)(=O)=O. The Hall–Kier alpha value is -2.20. The van der Waals surface area contributed by atoms with Crippen LogP contribution in [-0.2, 0) is 26.2 Å². The van der Waals surface area contributed by atoms with Crippen LogP contribution >= 0.6 is 34.8 Å². The predicted octanol–water partition coefficient (Wildman–Crippen LogP) is 4.75. The summed E-state index contributed by atoms with van der Waals surface area (Å²) in [5.41, 5.74) is 0.730. The van der Waals surface area contributed by atoms with E-state index in [0.717, 1.165) is 10.6 Å². The highest BCUT2D eigenvalue weighted by atomic mass is 35.5. The molecule has 0 bridgehead atoms. The predicted molar refractivity (Wildman–Crippen MR) is 145 cm³/mol. The van der Waals surface area contributed by atoms with Gasteiger partial charge in [0, 0.05) is 22.6 Å². The van der Waals surface area contributed by atoms with Crippen molar-refractivity contribution in [3.8, 4) is 5.75 Å². The van der Waals surface area contributed by atoms with Crippen LogP contribution in [0.3, 0.4) is 0 Å². The van der Waals surface area contributed by atoms with Crippen molar-refractivity contribution in [2.75, 3.05) is 24.2 Å². The molecular formula is C24H30Cl3N3O5S. The van der Waals surface area contributed by atoms with Gasteiger partial charge in [0.05, 0.1) is 24.1 Å². The molecule has 0 spiro atoms. The fourth-order valence-corrected chi connectivity index (χ4v) is 4.87. The van der Waals surface area contributed by atoms with E-state index < -0.39 is 28.5 Å². The van der Waals surface area contributed by atoms with Crippen LogP contribution in [0.25, 0.3) is 0 Å². The van der Waals surface area contributed by atoms with E-state index in [-0.39, 0.29) is 29.2 Å². The number of halogens is 3. The highest BCUT2D eigenvalue weighted by Gasteiger charge is 2.31. The number of nitrogens with zero attached hydrogens (tertiary/aromatic N) is 2. The van der Waals surface area contributed by atoms with Gasteiger partial charge in [-0.25, -0.2) is 8.42 Å². The van der Waals surface area contributed by atoms with Gasteiger partial charge in [-0.3, -0.25) is 13.9 Å². The number of ether oxygens (including phenoxy) is 1. The number of amides is 2. The normalized spacial score (nSPS) is 13.0. The topological polar surface area (TPSA) is 96.0 Å². The lowest BCUT2D eigenvalue weighted by molar-refractivity contribution is -0.139. The van der Waals surface area contributed by atoms with E-state index in [4.69, 9.17) is 39.5 Å². The minimum atomic E-state index is -3.90. The maximum absolute atomic E-state index is 13.6. The summed E-state index contributed by atoms with van der Waals surface area (Å²) in [5, 5.41) is 3.78. The third-order valence-electron chi connectivity index (χ3n) is 5.63. The minimum Gasteiger partial charge on any atom is -0.495 e. The van der Waals surface area contributed by atoms with Gasteiger partial charge in [-0.05, 0) is 56.2 Å².